The quantitative estimate of drug-likeness (QED) is 0.490. The van der Waals surface area contributed by atoms with Crippen molar-refractivity contribution in [1.82, 2.24) is 10.5 Å². The molecule has 2 aromatic heterocycles. The van der Waals surface area contributed by atoms with Crippen LogP contribution in [0.2, 0.25) is 0 Å². The van der Waals surface area contributed by atoms with Crippen molar-refractivity contribution in [3.8, 4) is 17.1 Å². The largest absolute Gasteiger partial charge is 0.490 e. The Kier molecular flexibility index (Phi) is 6.38. The van der Waals surface area contributed by atoms with Gasteiger partial charge in [-0.2, -0.15) is 0 Å². The second-order valence-electron chi connectivity index (χ2n) is 8.65. The monoisotopic (exact) mass is 481 g/mol. The van der Waals surface area contributed by atoms with Crippen LogP contribution >= 0.6 is 11.3 Å². The summed E-state index contributed by atoms with van der Waals surface area (Å²) < 4.78 is 16.3. The zero-order valence-corrected chi connectivity index (χ0v) is 20.0. The van der Waals surface area contributed by atoms with Gasteiger partial charge in [0, 0.05) is 36.6 Å². The number of ether oxygens (including phenoxy) is 2. The van der Waals surface area contributed by atoms with Crippen molar-refractivity contribution in [2.45, 2.75) is 45.1 Å². The third-order valence-electron chi connectivity index (χ3n) is 6.14. The van der Waals surface area contributed by atoms with E-state index in [9.17, 15) is 9.59 Å². The Hall–Kier alpha value is -3.17. The molecule has 2 N–H and O–H groups in total. The van der Waals surface area contributed by atoms with Gasteiger partial charge in [0.15, 0.2) is 11.5 Å². The Morgan fingerprint density at radius 2 is 2.06 bits per heavy atom. The molecule has 5 rings (SSSR count). The van der Waals surface area contributed by atoms with Crippen LogP contribution in [0.4, 0.5) is 5.00 Å². The summed E-state index contributed by atoms with van der Waals surface area (Å²) >= 11 is 1.47. The molecule has 1 unspecified atom stereocenters. The molecule has 1 aliphatic heterocycles. The van der Waals surface area contributed by atoms with Gasteiger partial charge >= 0.3 is 0 Å². The van der Waals surface area contributed by atoms with Gasteiger partial charge < -0.3 is 24.6 Å². The van der Waals surface area contributed by atoms with E-state index in [0.29, 0.717) is 29.5 Å². The minimum atomic E-state index is -0.405. The van der Waals surface area contributed by atoms with Gasteiger partial charge in [0.2, 0.25) is 0 Å². The predicted octanol–water partition coefficient (Wildman–Crippen LogP) is 4.23. The average Bonchev–Trinajstić information content (AvgIpc) is 3.54. The topological polar surface area (TPSA) is 103 Å². The van der Waals surface area contributed by atoms with E-state index in [0.717, 1.165) is 59.4 Å². The second kappa shape index (κ2) is 9.60. The highest BCUT2D eigenvalue weighted by Gasteiger charge is 2.27. The maximum Gasteiger partial charge on any atom is 0.278 e. The van der Waals surface area contributed by atoms with Gasteiger partial charge in [-0.25, -0.2) is 0 Å². The van der Waals surface area contributed by atoms with Gasteiger partial charge in [-0.05, 0) is 61.9 Å². The number of methoxy groups -OCH3 is 1. The van der Waals surface area contributed by atoms with Gasteiger partial charge in [0.25, 0.3) is 11.8 Å². The van der Waals surface area contributed by atoms with Crippen LogP contribution in [0.25, 0.3) is 11.3 Å². The number of nitrogens with one attached hydrogen (secondary N) is 2. The molecule has 0 saturated heterocycles. The molecule has 0 spiro atoms. The molecule has 8 nitrogen and oxygen atoms in total. The molecule has 0 bridgehead atoms. The van der Waals surface area contributed by atoms with Crippen LogP contribution in [-0.2, 0) is 24.0 Å². The first-order chi connectivity index (χ1) is 16.5. The van der Waals surface area contributed by atoms with Crippen molar-refractivity contribution in [2.75, 3.05) is 25.6 Å². The summed E-state index contributed by atoms with van der Waals surface area (Å²) in [7, 11) is 1.59. The van der Waals surface area contributed by atoms with Crippen molar-refractivity contribution >= 4 is 28.2 Å². The Morgan fingerprint density at radius 1 is 1.21 bits per heavy atom. The lowest BCUT2D eigenvalue weighted by Gasteiger charge is -2.13. The van der Waals surface area contributed by atoms with E-state index >= 15 is 0 Å². The number of carbonyl (C=O) groups is 2. The Morgan fingerprint density at radius 3 is 2.91 bits per heavy atom. The fourth-order valence-corrected chi connectivity index (χ4v) is 5.79. The van der Waals surface area contributed by atoms with Crippen LogP contribution in [-0.4, -0.2) is 43.3 Å². The van der Waals surface area contributed by atoms with E-state index in [4.69, 9.17) is 14.0 Å². The molecule has 0 saturated carbocycles. The summed E-state index contributed by atoms with van der Waals surface area (Å²) in [5.74, 6) is 0.794. The summed E-state index contributed by atoms with van der Waals surface area (Å²) in [4.78, 5) is 27.1. The number of aromatic nitrogens is 1. The second-order valence-corrected chi connectivity index (χ2v) is 9.75. The lowest BCUT2D eigenvalue weighted by Crippen LogP contribution is -2.28. The first kappa shape index (κ1) is 22.6. The molecular weight excluding hydrogens is 454 g/mol. The third-order valence-corrected chi connectivity index (χ3v) is 7.35. The molecule has 3 aromatic rings. The maximum atomic E-state index is 13.0. The number of thiophene rings is 1. The molecule has 1 atom stereocenters. The number of hydrogen-bond acceptors (Lipinski definition) is 7. The Labute approximate surface area is 201 Å². The number of aryl methyl sites for hydroxylation is 1. The van der Waals surface area contributed by atoms with Crippen LogP contribution in [0.1, 0.15) is 56.6 Å². The van der Waals surface area contributed by atoms with Crippen molar-refractivity contribution in [1.29, 1.82) is 0 Å². The molecule has 2 aliphatic rings. The molecular formula is C25H27N3O5S. The highest BCUT2D eigenvalue weighted by atomic mass is 32.1. The van der Waals surface area contributed by atoms with Crippen molar-refractivity contribution in [2.24, 2.45) is 0 Å². The normalized spacial score (nSPS) is 16.5. The first-order valence-electron chi connectivity index (χ1n) is 11.5. The third kappa shape index (κ3) is 4.45. The van der Waals surface area contributed by atoms with Gasteiger partial charge in [0.1, 0.15) is 16.9 Å². The van der Waals surface area contributed by atoms with E-state index in [1.165, 1.54) is 11.3 Å². The number of nitrogens with zero attached hydrogens (tertiary/aromatic N) is 1. The fourth-order valence-electron chi connectivity index (χ4n) is 4.51. The van der Waals surface area contributed by atoms with Crippen LogP contribution in [0, 0.1) is 0 Å². The van der Waals surface area contributed by atoms with Crippen molar-refractivity contribution < 1.29 is 23.6 Å². The van der Waals surface area contributed by atoms with E-state index in [-0.39, 0.29) is 17.7 Å². The summed E-state index contributed by atoms with van der Waals surface area (Å²) in [6.07, 6.45) is 4.86. The lowest BCUT2D eigenvalue weighted by atomic mass is 9.95. The summed E-state index contributed by atoms with van der Waals surface area (Å²) in [5, 5.41) is 10.3. The molecule has 3 heterocycles. The number of hydrogen-bond donors (Lipinski definition) is 2. The number of benzene rings is 1. The molecule has 1 aromatic carbocycles. The minimum Gasteiger partial charge on any atom is -0.490 e. The summed E-state index contributed by atoms with van der Waals surface area (Å²) in [6, 6.07) is 7.45. The zero-order valence-electron chi connectivity index (χ0n) is 19.2. The van der Waals surface area contributed by atoms with E-state index in [2.05, 4.69) is 15.8 Å². The molecule has 9 heteroatoms. The zero-order chi connectivity index (χ0) is 23.7. The lowest BCUT2D eigenvalue weighted by molar-refractivity contribution is 0.0937. The molecule has 1 aliphatic carbocycles. The predicted molar refractivity (Wildman–Crippen MR) is 129 cm³/mol. The minimum absolute atomic E-state index is 0.152. The summed E-state index contributed by atoms with van der Waals surface area (Å²) in [5.41, 5.74) is 3.71. The highest BCUT2D eigenvalue weighted by Crippen LogP contribution is 2.38. The van der Waals surface area contributed by atoms with Crippen LogP contribution in [0.5, 0.6) is 5.75 Å². The van der Waals surface area contributed by atoms with Crippen LogP contribution < -0.4 is 15.4 Å². The number of fused-ring (bicyclic) bond motifs is 2. The smallest absolute Gasteiger partial charge is 0.278 e. The Balaban J connectivity index is 1.36. The molecule has 178 valence electrons. The number of anilines is 1. The van der Waals surface area contributed by atoms with Crippen molar-refractivity contribution in [3.63, 3.8) is 0 Å². The van der Waals surface area contributed by atoms with E-state index in [1.807, 2.05) is 25.1 Å². The Bertz CT molecular complexity index is 1230. The average molecular weight is 482 g/mol. The van der Waals surface area contributed by atoms with E-state index in [1.54, 1.807) is 13.2 Å². The van der Waals surface area contributed by atoms with Crippen LogP contribution in [0.15, 0.2) is 28.8 Å². The number of amides is 2. The van der Waals surface area contributed by atoms with Crippen molar-refractivity contribution in [3.05, 3.63) is 51.5 Å². The SMILES string of the molecule is COCCNC(=O)c1c(NC(=O)c2cc(-c3ccc4c(c3)CC(C)O4)on2)sc2c1CCCC2. The molecule has 0 fully saturated rings. The summed E-state index contributed by atoms with van der Waals surface area (Å²) in [6.45, 7) is 2.87. The number of carbonyl (C=O) groups excluding carboxylic acids is 2. The van der Waals surface area contributed by atoms with E-state index < -0.39 is 5.91 Å². The van der Waals surface area contributed by atoms with Gasteiger partial charge in [-0.1, -0.05) is 5.16 Å². The molecule has 0 radical (unpaired) electrons. The first-order valence-corrected chi connectivity index (χ1v) is 12.3. The molecule has 2 amide bonds. The molecule has 34 heavy (non-hydrogen) atoms. The standard InChI is InChI=1S/C25H27N3O5S/c1-14-11-16-12-15(7-8-19(16)32-14)20-13-18(28-33-20)23(29)27-25-22(24(30)26-9-10-31-2)17-5-3-4-6-21(17)34-25/h7-8,12-14H,3-6,9-11H2,1-2H3,(H,26,30)(H,27,29). The number of rotatable bonds is 7. The highest BCUT2D eigenvalue weighted by molar-refractivity contribution is 7.17. The van der Waals surface area contributed by atoms with Gasteiger partial charge in [0.05, 0.1) is 12.2 Å². The van der Waals surface area contributed by atoms with Crippen LogP contribution in [0.3, 0.4) is 0 Å². The maximum absolute atomic E-state index is 13.0. The fraction of sp³-hybridized carbons (Fsp3) is 0.400. The van der Waals surface area contributed by atoms with Gasteiger partial charge in [-0.15, -0.1) is 11.3 Å². The van der Waals surface area contributed by atoms with Gasteiger partial charge in [-0.3, -0.25) is 9.59 Å².